The van der Waals surface area contributed by atoms with Crippen molar-refractivity contribution >= 4 is 21.9 Å². The number of hydrogen-bond acceptors (Lipinski definition) is 6. The second kappa shape index (κ2) is 13.5. The van der Waals surface area contributed by atoms with E-state index in [1.165, 1.54) is 12.1 Å². The third-order valence-electron chi connectivity index (χ3n) is 4.61. The van der Waals surface area contributed by atoms with Crippen LogP contribution in [0.5, 0.6) is 5.75 Å². The maximum absolute atomic E-state index is 12.7. The number of benzene rings is 1. The summed E-state index contributed by atoms with van der Waals surface area (Å²) in [5.41, 5.74) is 5.17. The van der Waals surface area contributed by atoms with Gasteiger partial charge in [0.15, 0.2) is 5.78 Å². The third-order valence-corrected chi connectivity index (χ3v) is 5.51. The number of carbonyl (C=O) groups excluding carboxylic acids is 2. The largest absolute Gasteiger partial charge is 0.426 e. The summed E-state index contributed by atoms with van der Waals surface area (Å²) >= 11 is 0. The first-order valence-electron chi connectivity index (χ1n) is 10.4. The van der Waals surface area contributed by atoms with E-state index in [1.807, 2.05) is 0 Å². The molecule has 1 rings (SSSR count). The summed E-state index contributed by atoms with van der Waals surface area (Å²) in [5.74, 6) is -1.14. The Morgan fingerprint density at radius 2 is 1.59 bits per heavy atom. The zero-order valence-electron chi connectivity index (χ0n) is 17.2. The van der Waals surface area contributed by atoms with Crippen LogP contribution in [0.25, 0.3) is 0 Å². The van der Waals surface area contributed by atoms with E-state index in [2.05, 4.69) is 6.92 Å². The lowest BCUT2D eigenvalue weighted by atomic mass is 10.0. The normalized spacial score (nSPS) is 11.4. The number of hydrogen-bond donors (Lipinski definition) is 2. The Balaban J connectivity index is 2.88. The molecule has 0 aliphatic heterocycles. The molecule has 0 aliphatic rings. The number of ether oxygens (including phenoxy) is 1. The Morgan fingerprint density at radius 1 is 0.966 bits per heavy atom. The van der Waals surface area contributed by atoms with Gasteiger partial charge in [-0.25, -0.2) is 0 Å². The van der Waals surface area contributed by atoms with Gasteiger partial charge in [-0.3, -0.25) is 14.1 Å². The van der Waals surface area contributed by atoms with Crippen LogP contribution in [0.15, 0.2) is 23.1 Å². The second-order valence-electron chi connectivity index (χ2n) is 7.12. The minimum absolute atomic E-state index is 0.125. The predicted octanol–water partition coefficient (Wildman–Crippen LogP) is 4.29. The van der Waals surface area contributed by atoms with E-state index in [1.54, 1.807) is 0 Å². The van der Waals surface area contributed by atoms with Crippen LogP contribution in [0.4, 0.5) is 0 Å². The first kappa shape index (κ1) is 25.3. The Labute approximate surface area is 173 Å². The highest BCUT2D eigenvalue weighted by Crippen LogP contribution is 2.29. The molecule has 7 nitrogen and oxygen atoms in total. The number of carbonyl (C=O) groups is 2. The maximum atomic E-state index is 12.7. The monoisotopic (exact) mass is 427 g/mol. The molecular formula is C21H33NO6S. The summed E-state index contributed by atoms with van der Waals surface area (Å²) < 4.78 is 38.3. The molecule has 0 fully saturated rings. The van der Waals surface area contributed by atoms with Gasteiger partial charge in [0.2, 0.25) is 0 Å². The summed E-state index contributed by atoms with van der Waals surface area (Å²) in [7, 11) is -4.63. The minimum Gasteiger partial charge on any atom is -0.426 e. The van der Waals surface area contributed by atoms with Crippen molar-refractivity contribution < 1.29 is 27.3 Å². The standard InChI is InChI=1S/C21H33NO6S/c1-2-3-4-5-6-8-12-17(23)21-18(13-11-14-19(21)29(25,26)27)28-20(24)15-9-7-10-16-22/h11,13-14H,2-10,12,15-16,22H2,1H3,(H,25,26,27). The lowest BCUT2D eigenvalue weighted by Crippen LogP contribution is -2.15. The van der Waals surface area contributed by atoms with Gasteiger partial charge in [0.1, 0.15) is 10.6 Å². The predicted molar refractivity (Wildman–Crippen MR) is 112 cm³/mol. The summed E-state index contributed by atoms with van der Waals surface area (Å²) in [6.07, 6.45) is 8.27. The molecule has 8 heteroatoms. The Morgan fingerprint density at radius 3 is 2.24 bits per heavy atom. The Kier molecular flexibility index (Phi) is 11.7. The topological polar surface area (TPSA) is 124 Å². The smallest absolute Gasteiger partial charge is 0.311 e. The molecule has 0 spiro atoms. The summed E-state index contributed by atoms with van der Waals surface area (Å²) in [4.78, 5) is 24.3. The summed E-state index contributed by atoms with van der Waals surface area (Å²) in [5, 5.41) is 0. The average molecular weight is 428 g/mol. The van der Waals surface area contributed by atoms with Gasteiger partial charge in [0, 0.05) is 12.8 Å². The van der Waals surface area contributed by atoms with Crippen molar-refractivity contribution in [2.45, 2.75) is 82.4 Å². The highest BCUT2D eigenvalue weighted by molar-refractivity contribution is 7.86. The molecule has 0 saturated heterocycles. The number of ketones is 1. The van der Waals surface area contributed by atoms with Crippen LogP contribution in [0, 0.1) is 0 Å². The molecule has 164 valence electrons. The van der Waals surface area contributed by atoms with Crippen LogP contribution in [0.2, 0.25) is 0 Å². The van der Waals surface area contributed by atoms with E-state index in [0.29, 0.717) is 19.4 Å². The van der Waals surface area contributed by atoms with Crippen LogP contribution < -0.4 is 10.5 Å². The second-order valence-corrected chi connectivity index (χ2v) is 8.51. The molecule has 1 aromatic rings. The third kappa shape index (κ3) is 9.51. The van der Waals surface area contributed by atoms with E-state index in [9.17, 15) is 22.6 Å². The molecule has 29 heavy (non-hydrogen) atoms. The van der Waals surface area contributed by atoms with Gasteiger partial charge in [-0.1, -0.05) is 51.5 Å². The molecule has 0 amide bonds. The van der Waals surface area contributed by atoms with Gasteiger partial charge < -0.3 is 10.5 Å². The van der Waals surface area contributed by atoms with E-state index >= 15 is 0 Å². The minimum atomic E-state index is -4.63. The van der Waals surface area contributed by atoms with Crippen molar-refractivity contribution in [1.29, 1.82) is 0 Å². The molecule has 0 aromatic heterocycles. The molecule has 1 aromatic carbocycles. The van der Waals surface area contributed by atoms with Crippen LogP contribution in [0.3, 0.4) is 0 Å². The van der Waals surface area contributed by atoms with Crippen molar-refractivity contribution in [1.82, 2.24) is 0 Å². The highest BCUT2D eigenvalue weighted by Gasteiger charge is 2.25. The molecule has 0 unspecified atom stereocenters. The molecule has 0 bridgehead atoms. The number of esters is 1. The van der Waals surface area contributed by atoms with Gasteiger partial charge >= 0.3 is 5.97 Å². The van der Waals surface area contributed by atoms with Gasteiger partial charge in [0.05, 0.1) is 5.56 Å². The fraction of sp³-hybridized carbons (Fsp3) is 0.619. The number of unbranched alkanes of at least 4 members (excludes halogenated alkanes) is 7. The van der Waals surface area contributed by atoms with E-state index in [0.717, 1.165) is 51.0 Å². The Hall–Kier alpha value is -1.77. The van der Waals surface area contributed by atoms with Crippen molar-refractivity contribution in [2.24, 2.45) is 5.73 Å². The lowest BCUT2D eigenvalue weighted by Gasteiger charge is -2.13. The average Bonchev–Trinajstić information content (AvgIpc) is 2.67. The summed E-state index contributed by atoms with van der Waals surface area (Å²) in [6.45, 7) is 2.67. The van der Waals surface area contributed by atoms with Crippen molar-refractivity contribution in [3.8, 4) is 5.75 Å². The van der Waals surface area contributed by atoms with E-state index in [4.69, 9.17) is 10.5 Å². The zero-order chi connectivity index (χ0) is 21.7. The molecule has 0 radical (unpaired) electrons. The molecule has 0 saturated carbocycles. The van der Waals surface area contributed by atoms with Crippen molar-refractivity contribution in [3.05, 3.63) is 23.8 Å². The van der Waals surface area contributed by atoms with Gasteiger partial charge in [-0.15, -0.1) is 0 Å². The molecule has 0 atom stereocenters. The molecular weight excluding hydrogens is 394 g/mol. The van der Waals surface area contributed by atoms with Crippen molar-refractivity contribution in [2.75, 3.05) is 6.54 Å². The fourth-order valence-electron chi connectivity index (χ4n) is 3.04. The summed E-state index contributed by atoms with van der Waals surface area (Å²) in [6, 6.07) is 3.85. The first-order valence-corrected chi connectivity index (χ1v) is 11.8. The first-order chi connectivity index (χ1) is 13.8. The number of rotatable bonds is 15. The van der Waals surface area contributed by atoms with Crippen LogP contribution in [-0.2, 0) is 14.9 Å². The maximum Gasteiger partial charge on any atom is 0.311 e. The highest BCUT2D eigenvalue weighted by atomic mass is 32.2. The van der Waals surface area contributed by atoms with Gasteiger partial charge in [-0.05, 0) is 37.9 Å². The zero-order valence-corrected chi connectivity index (χ0v) is 18.0. The van der Waals surface area contributed by atoms with Gasteiger partial charge in [0.25, 0.3) is 10.1 Å². The van der Waals surface area contributed by atoms with Crippen LogP contribution in [0.1, 0.15) is 87.9 Å². The molecule has 3 N–H and O–H groups in total. The Bertz CT molecular complexity index is 760. The fourth-order valence-corrected chi connectivity index (χ4v) is 3.76. The number of Topliss-reactive ketones (excluding diaryl/α,β-unsaturated/α-hetero) is 1. The van der Waals surface area contributed by atoms with Crippen molar-refractivity contribution in [3.63, 3.8) is 0 Å². The van der Waals surface area contributed by atoms with E-state index in [-0.39, 0.29) is 24.2 Å². The number of nitrogens with two attached hydrogens (primary N) is 1. The quantitative estimate of drug-likeness (QED) is 0.141. The van der Waals surface area contributed by atoms with E-state index < -0.39 is 26.8 Å². The van der Waals surface area contributed by atoms with Gasteiger partial charge in [-0.2, -0.15) is 8.42 Å². The molecule has 0 aliphatic carbocycles. The van der Waals surface area contributed by atoms with Crippen LogP contribution >= 0.6 is 0 Å². The lowest BCUT2D eigenvalue weighted by molar-refractivity contribution is -0.134. The van der Waals surface area contributed by atoms with Crippen LogP contribution in [-0.4, -0.2) is 31.3 Å². The SMILES string of the molecule is CCCCCCCCC(=O)c1c(OC(=O)CCCCCN)cccc1S(=O)(=O)O. The molecule has 0 heterocycles.